The minimum absolute atomic E-state index is 0.0325. The molecule has 1 nitrogen and oxygen atoms in total. The fourth-order valence-electron chi connectivity index (χ4n) is 1.16. The van der Waals surface area contributed by atoms with E-state index in [1.807, 2.05) is 19.9 Å². The number of hydrogen-bond donors (Lipinski definition) is 1. The summed E-state index contributed by atoms with van der Waals surface area (Å²) in [5.41, 5.74) is 7.94. The maximum atomic E-state index is 13.5. The van der Waals surface area contributed by atoms with Crippen LogP contribution in [-0.4, -0.2) is 6.04 Å². The molecule has 0 aliphatic carbocycles. The van der Waals surface area contributed by atoms with Crippen molar-refractivity contribution in [3.8, 4) is 0 Å². The standard InChI is InChI=1S/C12H16FN/c1-8-5-4-6-11(12(8)13)7-9(2)10(3)14/h4-7,10H,14H2,1-3H3/b9-7+. The van der Waals surface area contributed by atoms with Gasteiger partial charge in [0, 0.05) is 11.6 Å². The Kier molecular flexibility index (Phi) is 3.42. The Morgan fingerprint density at radius 2 is 2.14 bits per heavy atom. The molecule has 0 saturated heterocycles. The van der Waals surface area contributed by atoms with Gasteiger partial charge in [-0.05, 0) is 26.3 Å². The average molecular weight is 193 g/mol. The zero-order chi connectivity index (χ0) is 10.7. The SMILES string of the molecule is C/C(=C\c1cccc(C)c1F)C(C)N. The van der Waals surface area contributed by atoms with Gasteiger partial charge in [0.1, 0.15) is 5.82 Å². The number of halogens is 1. The van der Waals surface area contributed by atoms with Crippen LogP contribution in [0.3, 0.4) is 0 Å². The van der Waals surface area contributed by atoms with Gasteiger partial charge >= 0.3 is 0 Å². The minimum Gasteiger partial charge on any atom is -0.324 e. The van der Waals surface area contributed by atoms with Gasteiger partial charge in [0.15, 0.2) is 0 Å². The molecule has 0 amide bonds. The molecule has 0 bridgehead atoms. The molecule has 0 radical (unpaired) electrons. The molecular weight excluding hydrogens is 177 g/mol. The number of hydrogen-bond acceptors (Lipinski definition) is 1. The summed E-state index contributed by atoms with van der Waals surface area (Å²) in [4.78, 5) is 0. The van der Waals surface area contributed by atoms with Gasteiger partial charge in [-0.2, -0.15) is 0 Å². The van der Waals surface area contributed by atoms with E-state index in [4.69, 9.17) is 5.73 Å². The lowest BCUT2D eigenvalue weighted by Crippen LogP contribution is -2.15. The Morgan fingerprint density at radius 3 is 2.71 bits per heavy atom. The molecule has 0 fully saturated rings. The maximum absolute atomic E-state index is 13.5. The first-order valence-corrected chi connectivity index (χ1v) is 4.71. The van der Waals surface area contributed by atoms with Crippen LogP contribution in [0.4, 0.5) is 4.39 Å². The van der Waals surface area contributed by atoms with Gasteiger partial charge in [-0.1, -0.05) is 29.8 Å². The molecule has 0 aliphatic rings. The summed E-state index contributed by atoms with van der Waals surface area (Å²) in [7, 11) is 0. The molecule has 2 N–H and O–H groups in total. The molecule has 1 unspecified atom stereocenters. The molecule has 14 heavy (non-hydrogen) atoms. The summed E-state index contributed by atoms with van der Waals surface area (Å²) in [6.07, 6.45) is 1.80. The van der Waals surface area contributed by atoms with Gasteiger partial charge in [0.05, 0.1) is 0 Å². The largest absolute Gasteiger partial charge is 0.324 e. The van der Waals surface area contributed by atoms with Crippen LogP contribution in [0.5, 0.6) is 0 Å². The van der Waals surface area contributed by atoms with Crippen molar-refractivity contribution in [3.63, 3.8) is 0 Å². The predicted octanol–water partition coefficient (Wildman–Crippen LogP) is 2.88. The second-order valence-corrected chi connectivity index (χ2v) is 3.66. The van der Waals surface area contributed by atoms with Gasteiger partial charge in [-0.15, -0.1) is 0 Å². The normalized spacial score (nSPS) is 14.2. The molecule has 1 aromatic rings. The first-order valence-electron chi connectivity index (χ1n) is 4.71. The van der Waals surface area contributed by atoms with Gasteiger partial charge in [-0.25, -0.2) is 4.39 Å². The molecule has 1 atom stereocenters. The lowest BCUT2D eigenvalue weighted by atomic mass is 10.1. The highest BCUT2D eigenvalue weighted by Gasteiger charge is 2.03. The van der Waals surface area contributed by atoms with Crippen molar-refractivity contribution >= 4 is 6.08 Å². The molecule has 0 heterocycles. The second-order valence-electron chi connectivity index (χ2n) is 3.66. The fraction of sp³-hybridized carbons (Fsp3) is 0.333. The summed E-state index contributed by atoms with van der Waals surface area (Å²) in [5.74, 6) is -0.160. The molecule has 2 heteroatoms. The van der Waals surface area contributed by atoms with Crippen molar-refractivity contribution in [2.24, 2.45) is 5.73 Å². The van der Waals surface area contributed by atoms with Gasteiger partial charge in [-0.3, -0.25) is 0 Å². The fourth-order valence-corrected chi connectivity index (χ4v) is 1.16. The van der Waals surface area contributed by atoms with E-state index in [1.54, 1.807) is 25.1 Å². The highest BCUT2D eigenvalue weighted by Crippen LogP contribution is 2.15. The first kappa shape index (κ1) is 10.9. The van der Waals surface area contributed by atoms with Crippen molar-refractivity contribution in [2.45, 2.75) is 26.8 Å². The van der Waals surface area contributed by atoms with Crippen LogP contribution in [0.1, 0.15) is 25.0 Å². The van der Waals surface area contributed by atoms with Crippen molar-refractivity contribution < 1.29 is 4.39 Å². The maximum Gasteiger partial charge on any atom is 0.133 e. The van der Waals surface area contributed by atoms with Gasteiger partial charge in [0.2, 0.25) is 0 Å². The van der Waals surface area contributed by atoms with Crippen LogP contribution in [0.2, 0.25) is 0 Å². The lowest BCUT2D eigenvalue weighted by Gasteiger charge is -2.06. The average Bonchev–Trinajstić information content (AvgIpc) is 2.12. The Bertz CT molecular complexity index is 353. The number of benzene rings is 1. The van der Waals surface area contributed by atoms with E-state index in [2.05, 4.69) is 0 Å². The smallest absolute Gasteiger partial charge is 0.133 e. The van der Waals surface area contributed by atoms with Crippen LogP contribution in [0.25, 0.3) is 6.08 Å². The van der Waals surface area contributed by atoms with E-state index in [0.29, 0.717) is 11.1 Å². The molecule has 76 valence electrons. The van der Waals surface area contributed by atoms with E-state index in [-0.39, 0.29) is 11.9 Å². The van der Waals surface area contributed by atoms with Crippen molar-refractivity contribution in [3.05, 3.63) is 40.7 Å². The van der Waals surface area contributed by atoms with Crippen molar-refractivity contribution in [2.75, 3.05) is 0 Å². The number of rotatable bonds is 2. The van der Waals surface area contributed by atoms with Crippen LogP contribution in [0, 0.1) is 12.7 Å². The summed E-state index contributed by atoms with van der Waals surface area (Å²) < 4.78 is 13.5. The van der Waals surface area contributed by atoms with Crippen molar-refractivity contribution in [1.82, 2.24) is 0 Å². The summed E-state index contributed by atoms with van der Waals surface area (Å²) in [6, 6.07) is 5.33. The zero-order valence-electron chi connectivity index (χ0n) is 8.84. The van der Waals surface area contributed by atoms with Gasteiger partial charge in [0.25, 0.3) is 0 Å². The monoisotopic (exact) mass is 193 g/mol. The molecule has 1 rings (SSSR count). The third-order valence-electron chi connectivity index (χ3n) is 2.32. The quantitative estimate of drug-likeness (QED) is 0.767. The van der Waals surface area contributed by atoms with E-state index in [1.165, 1.54) is 0 Å². The number of nitrogens with two attached hydrogens (primary N) is 1. The van der Waals surface area contributed by atoms with Crippen molar-refractivity contribution in [1.29, 1.82) is 0 Å². The third-order valence-corrected chi connectivity index (χ3v) is 2.32. The Hall–Kier alpha value is -1.15. The zero-order valence-corrected chi connectivity index (χ0v) is 8.84. The highest BCUT2D eigenvalue weighted by molar-refractivity contribution is 5.55. The third kappa shape index (κ3) is 2.42. The molecule has 1 aromatic carbocycles. The Balaban J connectivity index is 3.09. The van der Waals surface area contributed by atoms with E-state index in [9.17, 15) is 4.39 Å². The molecule has 0 aromatic heterocycles. The van der Waals surface area contributed by atoms with E-state index < -0.39 is 0 Å². The van der Waals surface area contributed by atoms with E-state index >= 15 is 0 Å². The molecule has 0 saturated carbocycles. The van der Waals surface area contributed by atoms with Crippen LogP contribution < -0.4 is 5.73 Å². The summed E-state index contributed by atoms with van der Waals surface area (Å²) in [6.45, 7) is 5.56. The topological polar surface area (TPSA) is 26.0 Å². The Morgan fingerprint density at radius 1 is 1.50 bits per heavy atom. The summed E-state index contributed by atoms with van der Waals surface area (Å²) >= 11 is 0. The van der Waals surface area contributed by atoms with E-state index in [0.717, 1.165) is 5.57 Å². The van der Waals surface area contributed by atoms with Crippen LogP contribution in [-0.2, 0) is 0 Å². The highest BCUT2D eigenvalue weighted by atomic mass is 19.1. The minimum atomic E-state index is -0.160. The second kappa shape index (κ2) is 4.38. The Labute approximate surface area is 84.4 Å². The first-order chi connectivity index (χ1) is 6.52. The predicted molar refractivity (Wildman–Crippen MR) is 58.4 cm³/mol. The molecule has 0 spiro atoms. The lowest BCUT2D eigenvalue weighted by molar-refractivity contribution is 0.615. The molecule has 0 aliphatic heterocycles. The summed E-state index contributed by atoms with van der Waals surface area (Å²) in [5, 5.41) is 0. The molecular formula is C12H16FN. The number of aryl methyl sites for hydroxylation is 1. The van der Waals surface area contributed by atoms with Gasteiger partial charge < -0.3 is 5.73 Å². The van der Waals surface area contributed by atoms with Crippen LogP contribution >= 0.6 is 0 Å². The van der Waals surface area contributed by atoms with Crippen LogP contribution in [0.15, 0.2) is 23.8 Å².